The largest absolute Gasteiger partial charge is 0.480 e. The van der Waals surface area contributed by atoms with E-state index in [0.717, 1.165) is 6.54 Å². The zero-order valence-electron chi connectivity index (χ0n) is 7.99. The van der Waals surface area contributed by atoms with Crippen molar-refractivity contribution in [3.05, 3.63) is 0 Å². The van der Waals surface area contributed by atoms with E-state index in [-0.39, 0.29) is 0 Å². The maximum absolute atomic E-state index is 10.4. The summed E-state index contributed by atoms with van der Waals surface area (Å²) >= 11 is 5.59. The maximum atomic E-state index is 10.4. The number of rotatable bonds is 7. The fourth-order valence-corrected chi connectivity index (χ4v) is 1.10. The molecule has 0 saturated carbocycles. The molecule has 0 bridgehead atoms. The number of hydrogen-bond acceptors (Lipinski definition) is 3. The van der Waals surface area contributed by atoms with Crippen LogP contribution in [-0.2, 0) is 9.53 Å². The lowest BCUT2D eigenvalue weighted by molar-refractivity contribution is -0.137. The van der Waals surface area contributed by atoms with Gasteiger partial charge in [-0.2, -0.15) is 0 Å². The van der Waals surface area contributed by atoms with Crippen molar-refractivity contribution >= 4 is 17.6 Å². The van der Waals surface area contributed by atoms with E-state index in [4.69, 9.17) is 21.4 Å². The third kappa shape index (κ3) is 5.85. The van der Waals surface area contributed by atoms with Gasteiger partial charge in [-0.3, -0.25) is 9.69 Å². The summed E-state index contributed by atoms with van der Waals surface area (Å²) in [4.78, 5) is 12.4. The molecule has 78 valence electrons. The van der Waals surface area contributed by atoms with Crippen LogP contribution < -0.4 is 0 Å². The van der Waals surface area contributed by atoms with Gasteiger partial charge in [-0.1, -0.05) is 6.92 Å². The van der Waals surface area contributed by atoms with Crippen molar-refractivity contribution in [1.82, 2.24) is 4.90 Å². The van der Waals surface area contributed by atoms with Gasteiger partial charge in [0.05, 0.1) is 6.61 Å². The highest BCUT2D eigenvalue weighted by molar-refractivity contribution is 6.29. The third-order valence-corrected chi connectivity index (χ3v) is 2.07. The Labute approximate surface area is 83.4 Å². The van der Waals surface area contributed by atoms with Gasteiger partial charge < -0.3 is 9.84 Å². The van der Waals surface area contributed by atoms with Gasteiger partial charge in [-0.25, -0.2) is 0 Å². The van der Waals surface area contributed by atoms with Crippen LogP contribution in [0.15, 0.2) is 0 Å². The highest BCUT2D eigenvalue weighted by Gasteiger charge is 2.16. The van der Waals surface area contributed by atoms with Crippen molar-refractivity contribution in [3.8, 4) is 0 Å². The Morgan fingerprint density at radius 1 is 1.69 bits per heavy atom. The molecule has 0 saturated heterocycles. The minimum atomic E-state index is -0.975. The van der Waals surface area contributed by atoms with E-state index < -0.39 is 11.3 Å². The first-order valence-corrected chi connectivity index (χ1v) is 4.63. The molecule has 4 nitrogen and oxygen atoms in total. The van der Waals surface area contributed by atoms with Gasteiger partial charge in [-0.15, -0.1) is 11.6 Å². The Morgan fingerprint density at radius 3 is 2.69 bits per heavy atom. The van der Waals surface area contributed by atoms with Crippen molar-refractivity contribution in [3.63, 3.8) is 0 Å². The minimum absolute atomic E-state index is 0.358. The van der Waals surface area contributed by atoms with Gasteiger partial charge in [0.1, 0.15) is 5.38 Å². The van der Waals surface area contributed by atoms with Gasteiger partial charge in [0.15, 0.2) is 0 Å². The molecule has 0 rings (SSSR count). The number of hydrogen-bond donors (Lipinski definition) is 1. The maximum Gasteiger partial charge on any atom is 0.322 e. The SMILES string of the molecule is CCN(CCOC)CC(Cl)C(=O)O. The molecule has 0 aromatic rings. The molecule has 1 N–H and O–H groups in total. The number of carboxylic acids is 1. The Kier molecular flexibility index (Phi) is 6.94. The molecule has 0 aliphatic heterocycles. The smallest absolute Gasteiger partial charge is 0.322 e. The summed E-state index contributed by atoms with van der Waals surface area (Å²) in [5.74, 6) is -0.975. The first kappa shape index (κ1) is 12.7. The second-order valence-corrected chi connectivity index (χ2v) is 3.22. The van der Waals surface area contributed by atoms with E-state index in [1.165, 1.54) is 0 Å². The highest BCUT2D eigenvalue weighted by atomic mass is 35.5. The van der Waals surface area contributed by atoms with Gasteiger partial charge in [0.2, 0.25) is 0 Å². The molecule has 0 aromatic carbocycles. The monoisotopic (exact) mass is 209 g/mol. The van der Waals surface area contributed by atoms with Gasteiger partial charge >= 0.3 is 5.97 Å². The zero-order chi connectivity index (χ0) is 10.3. The van der Waals surface area contributed by atoms with Gasteiger partial charge in [0.25, 0.3) is 0 Å². The van der Waals surface area contributed by atoms with Crippen LogP contribution in [0, 0.1) is 0 Å². The fourth-order valence-electron chi connectivity index (χ4n) is 0.904. The van der Waals surface area contributed by atoms with Crippen LogP contribution in [0.2, 0.25) is 0 Å². The standard InChI is InChI=1S/C8H16ClNO3/c1-3-10(4-5-13-2)6-7(9)8(11)12/h7H,3-6H2,1-2H3,(H,11,12). The quantitative estimate of drug-likeness (QED) is 0.626. The first-order valence-electron chi connectivity index (χ1n) is 4.20. The van der Waals surface area contributed by atoms with Gasteiger partial charge in [-0.05, 0) is 6.54 Å². The van der Waals surface area contributed by atoms with Crippen LogP contribution in [0.5, 0.6) is 0 Å². The lowest BCUT2D eigenvalue weighted by Crippen LogP contribution is -2.35. The Hall–Kier alpha value is -0.320. The average Bonchev–Trinajstić information content (AvgIpc) is 2.11. The van der Waals surface area contributed by atoms with Crippen LogP contribution in [0.4, 0.5) is 0 Å². The first-order chi connectivity index (χ1) is 6.11. The molecule has 0 aliphatic carbocycles. The molecule has 0 heterocycles. The second-order valence-electron chi connectivity index (χ2n) is 2.69. The van der Waals surface area contributed by atoms with Crippen LogP contribution in [0.25, 0.3) is 0 Å². The Balaban J connectivity index is 3.75. The molecule has 5 heteroatoms. The molecule has 0 aromatic heterocycles. The molecule has 0 radical (unpaired) electrons. The van der Waals surface area contributed by atoms with E-state index in [1.54, 1.807) is 7.11 Å². The zero-order valence-corrected chi connectivity index (χ0v) is 8.75. The lowest BCUT2D eigenvalue weighted by atomic mass is 10.3. The number of alkyl halides is 1. The fraction of sp³-hybridized carbons (Fsp3) is 0.875. The summed E-state index contributed by atoms with van der Waals surface area (Å²) in [6.07, 6.45) is 0. The van der Waals surface area contributed by atoms with Crippen molar-refractivity contribution in [2.75, 3.05) is 33.4 Å². The normalized spacial score (nSPS) is 13.2. The van der Waals surface area contributed by atoms with E-state index >= 15 is 0 Å². The van der Waals surface area contributed by atoms with E-state index in [9.17, 15) is 4.79 Å². The Morgan fingerprint density at radius 2 is 2.31 bits per heavy atom. The summed E-state index contributed by atoms with van der Waals surface area (Å²) in [6, 6.07) is 0. The van der Waals surface area contributed by atoms with E-state index in [0.29, 0.717) is 19.7 Å². The topological polar surface area (TPSA) is 49.8 Å². The number of nitrogens with zero attached hydrogens (tertiary/aromatic N) is 1. The number of carboxylic acid groups (broad SMARTS) is 1. The molecular formula is C8H16ClNO3. The van der Waals surface area contributed by atoms with Crippen LogP contribution in [0.1, 0.15) is 6.92 Å². The third-order valence-electron chi connectivity index (χ3n) is 1.75. The van der Waals surface area contributed by atoms with Crippen molar-refractivity contribution in [2.45, 2.75) is 12.3 Å². The summed E-state index contributed by atoms with van der Waals surface area (Å²) in [7, 11) is 1.61. The van der Waals surface area contributed by atoms with Crippen molar-refractivity contribution in [1.29, 1.82) is 0 Å². The summed E-state index contributed by atoms with van der Waals surface area (Å²) in [5, 5.41) is 7.73. The number of carbonyl (C=O) groups is 1. The number of methoxy groups -OCH3 is 1. The molecular weight excluding hydrogens is 194 g/mol. The lowest BCUT2D eigenvalue weighted by Gasteiger charge is -2.20. The summed E-state index contributed by atoms with van der Waals surface area (Å²) < 4.78 is 4.88. The van der Waals surface area contributed by atoms with Crippen LogP contribution in [-0.4, -0.2) is 54.7 Å². The number of halogens is 1. The second kappa shape index (κ2) is 7.12. The van der Waals surface area contributed by atoms with Gasteiger partial charge in [0, 0.05) is 20.2 Å². The number of aliphatic carboxylic acids is 1. The van der Waals surface area contributed by atoms with E-state index in [2.05, 4.69) is 0 Å². The molecule has 0 spiro atoms. The number of ether oxygens (including phenoxy) is 1. The average molecular weight is 210 g/mol. The predicted octanol–water partition coefficient (Wildman–Crippen LogP) is 0.647. The molecule has 0 fully saturated rings. The highest BCUT2D eigenvalue weighted by Crippen LogP contribution is 2.00. The Bertz CT molecular complexity index is 154. The van der Waals surface area contributed by atoms with Crippen LogP contribution in [0.3, 0.4) is 0 Å². The summed E-state index contributed by atoms with van der Waals surface area (Å²) in [5.41, 5.74) is 0. The molecule has 0 aliphatic rings. The molecule has 0 amide bonds. The molecule has 1 unspecified atom stereocenters. The molecule has 1 atom stereocenters. The predicted molar refractivity (Wildman–Crippen MR) is 51.3 cm³/mol. The van der Waals surface area contributed by atoms with Crippen molar-refractivity contribution in [2.24, 2.45) is 0 Å². The number of likely N-dealkylation sites (N-methyl/N-ethyl adjacent to an activating group) is 1. The summed E-state index contributed by atoms with van der Waals surface area (Å²) in [6.45, 7) is 4.40. The van der Waals surface area contributed by atoms with Crippen molar-refractivity contribution < 1.29 is 14.6 Å². The van der Waals surface area contributed by atoms with Crippen LogP contribution >= 0.6 is 11.6 Å². The minimum Gasteiger partial charge on any atom is -0.480 e. The molecule has 13 heavy (non-hydrogen) atoms. The van der Waals surface area contributed by atoms with E-state index in [1.807, 2.05) is 11.8 Å².